The summed E-state index contributed by atoms with van der Waals surface area (Å²) in [7, 11) is 1.66. The van der Waals surface area contributed by atoms with E-state index < -0.39 is 12.0 Å². The number of benzene rings is 2. The quantitative estimate of drug-likeness (QED) is 0.380. The fourth-order valence-corrected chi connectivity index (χ4v) is 5.04. The lowest BCUT2D eigenvalue weighted by Crippen LogP contribution is -2.43. The lowest BCUT2D eigenvalue weighted by atomic mass is 9.86. The van der Waals surface area contributed by atoms with E-state index in [0.29, 0.717) is 23.4 Å². The van der Waals surface area contributed by atoms with E-state index in [1.807, 2.05) is 42.7 Å². The minimum Gasteiger partial charge on any atom is -0.335 e. The Hall–Kier alpha value is -2.11. The fourth-order valence-electron chi connectivity index (χ4n) is 4.16. The van der Waals surface area contributed by atoms with Crippen molar-refractivity contribution < 1.29 is 14.4 Å². The Labute approximate surface area is 193 Å². The molecule has 0 aliphatic heterocycles. The number of hydrogen-bond donors (Lipinski definition) is 0. The molecule has 164 valence electrons. The number of nitrogens with zero attached hydrogens (tertiary/aromatic N) is 1. The number of Topliss-reactive ketones (excluding diaryl/α,β-unsaturated/α-hetero) is 2. The molecule has 31 heavy (non-hydrogen) atoms. The zero-order chi connectivity index (χ0) is 22.5. The molecule has 1 amide bonds. The topological polar surface area (TPSA) is 54.5 Å². The summed E-state index contributed by atoms with van der Waals surface area (Å²) in [4.78, 5) is 41.3. The van der Waals surface area contributed by atoms with E-state index in [1.54, 1.807) is 37.9 Å². The van der Waals surface area contributed by atoms with Crippen LogP contribution in [0.3, 0.4) is 0 Å². The molecule has 0 saturated heterocycles. The second-order valence-corrected chi connectivity index (χ2v) is 9.35. The van der Waals surface area contributed by atoms with Gasteiger partial charge in [0.15, 0.2) is 5.78 Å². The zero-order valence-electron chi connectivity index (χ0n) is 18.1. The molecule has 0 bridgehead atoms. The van der Waals surface area contributed by atoms with E-state index in [2.05, 4.69) is 0 Å². The molecule has 2 aromatic carbocycles. The Balaban J connectivity index is 1.88. The van der Waals surface area contributed by atoms with E-state index in [-0.39, 0.29) is 23.4 Å². The predicted octanol–water partition coefficient (Wildman–Crippen LogP) is 5.63. The van der Waals surface area contributed by atoms with Crippen molar-refractivity contribution in [2.75, 3.05) is 13.3 Å². The lowest BCUT2D eigenvalue weighted by molar-refractivity contribution is -0.133. The molecule has 0 radical (unpaired) electrons. The third kappa shape index (κ3) is 5.39. The third-order valence-electron chi connectivity index (χ3n) is 6.19. The number of likely N-dealkylation sites (N-methyl/N-ethyl adjacent to an activating group) is 1. The van der Waals surface area contributed by atoms with Crippen LogP contribution >= 0.6 is 23.4 Å². The van der Waals surface area contributed by atoms with E-state index in [4.69, 9.17) is 11.6 Å². The van der Waals surface area contributed by atoms with Crippen LogP contribution in [0.1, 0.15) is 54.4 Å². The van der Waals surface area contributed by atoms with Gasteiger partial charge in [0.1, 0.15) is 5.78 Å². The van der Waals surface area contributed by atoms with Crippen molar-refractivity contribution in [2.24, 2.45) is 5.92 Å². The first-order valence-corrected chi connectivity index (χ1v) is 12.2. The standard InChI is InChI=1S/C25H28ClNO3S/c1-16(24(29)17-8-5-4-6-9-17)27(2)25(30)20(14-19-10-7-11-22(19)28)18-12-13-23(31-3)21(26)15-18/h4-6,8-9,12-13,15-16,19-20H,7,10-11,14H2,1-3H3. The molecule has 4 nitrogen and oxygen atoms in total. The molecule has 0 heterocycles. The Bertz CT molecular complexity index is 962. The van der Waals surface area contributed by atoms with Crippen LogP contribution in [0, 0.1) is 5.92 Å². The van der Waals surface area contributed by atoms with Crippen LogP contribution in [-0.4, -0.2) is 41.7 Å². The molecule has 0 aromatic heterocycles. The Morgan fingerprint density at radius 1 is 1.19 bits per heavy atom. The van der Waals surface area contributed by atoms with Crippen LogP contribution in [0.5, 0.6) is 0 Å². The van der Waals surface area contributed by atoms with Gasteiger partial charge in [0.2, 0.25) is 5.91 Å². The van der Waals surface area contributed by atoms with Gasteiger partial charge in [-0.3, -0.25) is 14.4 Å². The molecule has 1 aliphatic carbocycles. The first kappa shape index (κ1) is 23.6. The average Bonchev–Trinajstić information content (AvgIpc) is 3.20. The van der Waals surface area contributed by atoms with Crippen molar-refractivity contribution in [2.45, 2.75) is 49.5 Å². The maximum atomic E-state index is 13.6. The van der Waals surface area contributed by atoms with Crippen LogP contribution < -0.4 is 0 Å². The number of hydrogen-bond acceptors (Lipinski definition) is 4. The third-order valence-corrected chi connectivity index (χ3v) is 7.41. The first-order chi connectivity index (χ1) is 14.8. The number of carbonyl (C=O) groups excluding carboxylic acids is 3. The summed E-state index contributed by atoms with van der Waals surface area (Å²) in [6.45, 7) is 1.74. The molecule has 3 atom stereocenters. The number of ketones is 2. The highest BCUT2D eigenvalue weighted by Crippen LogP contribution is 2.36. The highest BCUT2D eigenvalue weighted by Gasteiger charge is 2.35. The maximum Gasteiger partial charge on any atom is 0.230 e. The van der Waals surface area contributed by atoms with Gasteiger partial charge < -0.3 is 4.90 Å². The smallest absolute Gasteiger partial charge is 0.230 e. The maximum absolute atomic E-state index is 13.6. The van der Waals surface area contributed by atoms with Gasteiger partial charge in [-0.2, -0.15) is 0 Å². The number of halogens is 1. The van der Waals surface area contributed by atoms with Crippen molar-refractivity contribution in [1.29, 1.82) is 0 Å². The molecule has 1 fully saturated rings. The highest BCUT2D eigenvalue weighted by atomic mass is 35.5. The largest absolute Gasteiger partial charge is 0.335 e. The summed E-state index contributed by atoms with van der Waals surface area (Å²) in [5, 5.41) is 0.594. The Kier molecular flexibility index (Phi) is 7.95. The monoisotopic (exact) mass is 457 g/mol. The number of rotatable bonds is 8. The van der Waals surface area contributed by atoms with Crippen LogP contribution in [0.4, 0.5) is 0 Å². The lowest BCUT2D eigenvalue weighted by Gasteiger charge is -2.30. The van der Waals surface area contributed by atoms with Gasteiger partial charge >= 0.3 is 0 Å². The number of carbonyl (C=O) groups is 3. The molecule has 3 rings (SSSR count). The number of thioether (sulfide) groups is 1. The SMILES string of the molecule is CSc1ccc(C(CC2CCCC2=O)C(=O)N(C)C(C)C(=O)c2ccccc2)cc1Cl. The van der Waals surface area contributed by atoms with Gasteiger partial charge in [-0.05, 0) is 50.1 Å². The van der Waals surface area contributed by atoms with E-state index in [9.17, 15) is 14.4 Å². The first-order valence-electron chi connectivity index (χ1n) is 10.6. The Morgan fingerprint density at radius 2 is 1.90 bits per heavy atom. The van der Waals surface area contributed by atoms with Crippen molar-refractivity contribution in [3.8, 4) is 0 Å². The minimum atomic E-state index is -0.613. The van der Waals surface area contributed by atoms with Crippen molar-refractivity contribution >= 4 is 40.8 Å². The average molecular weight is 458 g/mol. The van der Waals surface area contributed by atoms with Gasteiger partial charge in [0, 0.05) is 29.8 Å². The normalized spacial score (nSPS) is 17.9. The summed E-state index contributed by atoms with van der Waals surface area (Å²) < 4.78 is 0. The molecule has 1 saturated carbocycles. The van der Waals surface area contributed by atoms with Crippen molar-refractivity contribution in [1.82, 2.24) is 4.90 Å². The van der Waals surface area contributed by atoms with Crippen LogP contribution in [0.25, 0.3) is 0 Å². The second kappa shape index (κ2) is 10.5. The molecular weight excluding hydrogens is 430 g/mol. The molecule has 2 aromatic rings. The van der Waals surface area contributed by atoms with Gasteiger partial charge in [-0.15, -0.1) is 11.8 Å². The van der Waals surface area contributed by atoms with E-state index >= 15 is 0 Å². The van der Waals surface area contributed by atoms with Gasteiger partial charge in [0.05, 0.1) is 17.0 Å². The van der Waals surface area contributed by atoms with E-state index in [1.165, 1.54) is 4.90 Å². The molecule has 1 aliphatic rings. The van der Waals surface area contributed by atoms with Gasteiger partial charge in [-0.25, -0.2) is 0 Å². The van der Waals surface area contributed by atoms with Crippen molar-refractivity contribution in [3.05, 3.63) is 64.7 Å². The van der Waals surface area contributed by atoms with E-state index in [0.717, 1.165) is 23.3 Å². The molecule has 6 heteroatoms. The minimum absolute atomic E-state index is 0.108. The summed E-state index contributed by atoms with van der Waals surface area (Å²) in [6, 6.07) is 14.0. The zero-order valence-corrected chi connectivity index (χ0v) is 19.7. The predicted molar refractivity (Wildman–Crippen MR) is 126 cm³/mol. The van der Waals surface area contributed by atoms with Crippen LogP contribution in [0.2, 0.25) is 5.02 Å². The van der Waals surface area contributed by atoms with Crippen LogP contribution in [0.15, 0.2) is 53.4 Å². The molecular formula is C25H28ClNO3S. The summed E-state index contributed by atoms with van der Waals surface area (Å²) in [5.41, 5.74) is 1.36. The Morgan fingerprint density at radius 3 is 2.48 bits per heavy atom. The second-order valence-electron chi connectivity index (χ2n) is 8.09. The van der Waals surface area contributed by atoms with Gasteiger partial charge in [0.25, 0.3) is 0 Å². The number of amides is 1. The summed E-state index contributed by atoms with van der Waals surface area (Å²) in [6.07, 6.45) is 4.65. The summed E-state index contributed by atoms with van der Waals surface area (Å²) in [5.74, 6) is -0.689. The molecule has 0 N–H and O–H groups in total. The molecule has 0 spiro atoms. The summed E-state index contributed by atoms with van der Waals surface area (Å²) >= 11 is 7.97. The van der Waals surface area contributed by atoms with Gasteiger partial charge in [-0.1, -0.05) is 48.0 Å². The fraction of sp³-hybridized carbons (Fsp3) is 0.400. The van der Waals surface area contributed by atoms with Crippen molar-refractivity contribution in [3.63, 3.8) is 0 Å². The van der Waals surface area contributed by atoms with Crippen LogP contribution in [-0.2, 0) is 9.59 Å². The molecule has 3 unspecified atom stereocenters. The highest BCUT2D eigenvalue weighted by molar-refractivity contribution is 7.98.